The highest BCUT2D eigenvalue weighted by Crippen LogP contribution is 2.13. The van der Waals surface area contributed by atoms with Crippen LogP contribution in [-0.2, 0) is 6.42 Å². The van der Waals surface area contributed by atoms with Crippen LogP contribution in [0.4, 0.5) is 4.39 Å². The third-order valence-electron chi connectivity index (χ3n) is 2.73. The Morgan fingerprint density at radius 1 is 1.00 bits per heavy atom. The quantitative estimate of drug-likeness (QED) is 0.456. The summed E-state index contributed by atoms with van der Waals surface area (Å²) < 4.78 is 13.4. The molecule has 0 unspecified atom stereocenters. The standard InChI is InChI=1S/C14H20ClF/c15-12-5-4-10-14(16)11-6-9-13-7-2-1-3-8-13/h1-3,7-8,14H,4-6,9-12H2/t14-/m0/s1. The lowest BCUT2D eigenvalue weighted by Crippen LogP contribution is -2.01. The van der Waals surface area contributed by atoms with Crippen LogP contribution in [0.3, 0.4) is 0 Å². The van der Waals surface area contributed by atoms with Crippen LogP contribution >= 0.6 is 11.6 Å². The lowest BCUT2D eigenvalue weighted by Gasteiger charge is -2.07. The van der Waals surface area contributed by atoms with Gasteiger partial charge in [-0.2, -0.15) is 0 Å². The van der Waals surface area contributed by atoms with Crippen molar-refractivity contribution in [2.75, 3.05) is 5.88 Å². The molecule has 0 aromatic heterocycles. The smallest absolute Gasteiger partial charge is 0.100 e. The fourth-order valence-electron chi connectivity index (χ4n) is 1.78. The molecule has 2 heteroatoms. The van der Waals surface area contributed by atoms with Crippen molar-refractivity contribution in [2.45, 2.75) is 44.7 Å². The Balaban J connectivity index is 2.06. The van der Waals surface area contributed by atoms with Gasteiger partial charge in [-0.1, -0.05) is 30.3 Å². The molecule has 1 aromatic carbocycles. The molecule has 0 radical (unpaired) electrons. The van der Waals surface area contributed by atoms with Crippen molar-refractivity contribution < 1.29 is 4.39 Å². The zero-order chi connectivity index (χ0) is 11.6. The average Bonchev–Trinajstić information content (AvgIpc) is 2.31. The lowest BCUT2D eigenvalue weighted by molar-refractivity contribution is 0.284. The molecule has 0 N–H and O–H groups in total. The van der Waals surface area contributed by atoms with Crippen LogP contribution in [0, 0.1) is 0 Å². The van der Waals surface area contributed by atoms with Crippen LogP contribution in [0.25, 0.3) is 0 Å². The van der Waals surface area contributed by atoms with Gasteiger partial charge in [0.1, 0.15) is 6.17 Å². The maximum Gasteiger partial charge on any atom is 0.100 e. The van der Waals surface area contributed by atoms with Crippen molar-refractivity contribution in [3.63, 3.8) is 0 Å². The van der Waals surface area contributed by atoms with E-state index in [2.05, 4.69) is 12.1 Å². The van der Waals surface area contributed by atoms with Crippen LogP contribution in [0.5, 0.6) is 0 Å². The van der Waals surface area contributed by atoms with Crippen molar-refractivity contribution in [2.24, 2.45) is 0 Å². The second-order valence-corrected chi connectivity index (χ2v) is 4.54. The largest absolute Gasteiger partial charge is 0.247 e. The van der Waals surface area contributed by atoms with E-state index in [1.54, 1.807) is 0 Å². The van der Waals surface area contributed by atoms with E-state index in [0.29, 0.717) is 18.7 Å². The molecular formula is C14H20ClF. The minimum absolute atomic E-state index is 0.646. The second-order valence-electron chi connectivity index (χ2n) is 4.16. The molecule has 0 bridgehead atoms. The maximum absolute atomic E-state index is 13.4. The number of aryl methyl sites for hydroxylation is 1. The number of benzene rings is 1. The van der Waals surface area contributed by atoms with Gasteiger partial charge in [0.25, 0.3) is 0 Å². The number of alkyl halides is 2. The summed E-state index contributed by atoms with van der Waals surface area (Å²) >= 11 is 5.55. The Kier molecular flexibility index (Phi) is 7.24. The molecule has 0 aliphatic rings. The Bertz CT molecular complexity index is 261. The monoisotopic (exact) mass is 242 g/mol. The van der Waals surface area contributed by atoms with Crippen molar-refractivity contribution in [3.8, 4) is 0 Å². The molecule has 1 aromatic rings. The molecule has 0 aliphatic carbocycles. The van der Waals surface area contributed by atoms with E-state index in [0.717, 1.165) is 25.7 Å². The topological polar surface area (TPSA) is 0 Å². The van der Waals surface area contributed by atoms with Gasteiger partial charge in [-0.15, -0.1) is 11.6 Å². The normalized spacial score (nSPS) is 12.6. The molecule has 1 atom stereocenters. The van der Waals surface area contributed by atoms with Crippen molar-refractivity contribution >= 4 is 11.6 Å². The highest BCUT2D eigenvalue weighted by molar-refractivity contribution is 6.17. The van der Waals surface area contributed by atoms with Gasteiger partial charge in [0.05, 0.1) is 0 Å². The summed E-state index contributed by atoms with van der Waals surface area (Å²) in [5.74, 6) is 0.650. The van der Waals surface area contributed by atoms with Gasteiger partial charge in [-0.25, -0.2) is 4.39 Å². The summed E-state index contributed by atoms with van der Waals surface area (Å²) in [5.41, 5.74) is 1.30. The minimum atomic E-state index is -0.646. The van der Waals surface area contributed by atoms with Crippen LogP contribution < -0.4 is 0 Å². The van der Waals surface area contributed by atoms with Crippen LogP contribution in [0.15, 0.2) is 30.3 Å². The van der Waals surface area contributed by atoms with E-state index < -0.39 is 6.17 Å². The van der Waals surface area contributed by atoms with Crippen LogP contribution in [0.2, 0.25) is 0 Å². The Labute approximate surface area is 103 Å². The summed E-state index contributed by atoms with van der Waals surface area (Å²) in [6.45, 7) is 0. The molecule has 0 fully saturated rings. The van der Waals surface area contributed by atoms with Gasteiger partial charge < -0.3 is 0 Å². The number of halogens is 2. The van der Waals surface area contributed by atoms with Gasteiger partial charge in [0.15, 0.2) is 0 Å². The SMILES string of the molecule is F[C@@H](CCCCCl)CCCc1ccccc1. The first kappa shape index (κ1) is 13.5. The van der Waals surface area contributed by atoms with Crippen molar-refractivity contribution in [3.05, 3.63) is 35.9 Å². The molecule has 0 saturated carbocycles. The molecule has 0 nitrogen and oxygen atoms in total. The lowest BCUT2D eigenvalue weighted by atomic mass is 10.0. The Morgan fingerprint density at radius 2 is 1.69 bits per heavy atom. The Morgan fingerprint density at radius 3 is 2.38 bits per heavy atom. The summed E-state index contributed by atoms with van der Waals surface area (Å²) in [6.07, 6.45) is 4.46. The summed E-state index contributed by atoms with van der Waals surface area (Å²) in [6, 6.07) is 10.3. The summed E-state index contributed by atoms with van der Waals surface area (Å²) in [5, 5.41) is 0. The number of hydrogen-bond acceptors (Lipinski definition) is 0. The third kappa shape index (κ3) is 6.12. The number of rotatable bonds is 8. The maximum atomic E-state index is 13.4. The van der Waals surface area contributed by atoms with Crippen molar-refractivity contribution in [1.29, 1.82) is 0 Å². The van der Waals surface area contributed by atoms with E-state index >= 15 is 0 Å². The molecule has 16 heavy (non-hydrogen) atoms. The molecule has 0 spiro atoms. The fraction of sp³-hybridized carbons (Fsp3) is 0.571. The second kappa shape index (κ2) is 8.58. The highest BCUT2D eigenvalue weighted by Gasteiger charge is 2.05. The van der Waals surface area contributed by atoms with Crippen molar-refractivity contribution in [1.82, 2.24) is 0 Å². The molecule has 0 amide bonds. The van der Waals surface area contributed by atoms with Gasteiger partial charge in [-0.3, -0.25) is 0 Å². The van der Waals surface area contributed by atoms with E-state index in [4.69, 9.17) is 11.6 Å². The third-order valence-corrected chi connectivity index (χ3v) is 2.99. The van der Waals surface area contributed by atoms with Gasteiger partial charge >= 0.3 is 0 Å². The molecule has 90 valence electrons. The minimum Gasteiger partial charge on any atom is -0.247 e. The first-order chi connectivity index (χ1) is 7.83. The van der Waals surface area contributed by atoms with Gasteiger partial charge in [0, 0.05) is 5.88 Å². The molecule has 1 rings (SSSR count). The average molecular weight is 243 g/mol. The zero-order valence-electron chi connectivity index (χ0n) is 9.67. The molecule has 0 aliphatic heterocycles. The van der Waals surface area contributed by atoms with E-state index in [-0.39, 0.29) is 0 Å². The molecule has 0 saturated heterocycles. The van der Waals surface area contributed by atoms with Crippen LogP contribution in [-0.4, -0.2) is 12.1 Å². The first-order valence-electron chi connectivity index (χ1n) is 6.07. The Hall–Kier alpha value is -0.560. The van der Waals surface area contributed by atoms with Gasteiger partial charge in [-0.05, 0) is 44.1 Å². The fourth-order valence-corrected chi connectivity index (χ4v) is 1.97. The summed E-state index contributed by atoms with van der Waals surface area (Å²) in [7, 11) is 0. The van der Waals surface area contributed by atoms with E-state index in [1.165, 1.54) is 5.56 Å². The van der Waals surface area contributed by atoms with E-state index in [1.807, 2.05) is 18.2 Å². The predicted octanol–water partition coefficient (Wildman–Crippen LogP) is 4.76. The van der Waals surface area contributed by atoms with E-state index in [9.17, 15) is 4.39 Å². The van der Waals surface area contributed by atoms with Crippen LogP contribution in [0.1, 0.15) is 37.7 Å². The first-order valence-corrected chi connectivity index (χ1v) is 6.60. The molecule has 0 heterocycles. The molecular weight excluding hydrogens is 223 g/mol. The zero-order valence-corrected chi connectivity index (χ0v) is 10.4. The summed E-state index contributed by atoms with van der Waals surface area (Å²) in [4.78, 5) is 0. The number of unbranched alkanes of at least 4 members (excludes halogenated alkanes) is 1. The predicted molar refractivity (Wildman–Crippen MR) is 68.8 cm³/mol. The van der Waals surface area contributed by atoms with Gasteiger partial charge in [0.2, 0.25) is 0 Å². The number of hydrogen-bond donors (Lipinski definition) is 0. The highest BCUT2D eigenvalue weighted by atomic mass is 35.5.